The summed E-state index contributed by atoms with van der Waals surface area (Å²) in [6.07, 6.45) is 7.67. The van der Waals surface area contributed by atoms with Crippen LogP contribution in [0, 0.1) is 0 Å². The average Bonchev–Trinajstić information content (AvgIpc) is 2.63. The van der Waals surface area contributed by atoms with Gasteiger partial charge in [-0.25, -0.2) is 9.97 Å². The lowest BCUT2D eigenvalue weighted by atomic mass is 9.90. The number of hydrogen-bond acceptors (Lipinski definition) is 6. The van der Waals surface area contributed by atoms with Crippen LogP contribution in [0.5, 0.6) is 0 Å². The molecule has 1 atom stereocenters. The summed E-state index contributed by atoms with van der Waals surface area (Å²) in [5.41, 5.74) is 0.999. The van der Waals surface area contributed by atoms with E-state index in [0.29, 0.717) is 0 Å². The third kappa shape index (κ3) is 3.39. The molecular weight excluding hydrogens is 302 g/mol. The molecule has 126 valence electrons. The van der Waals surface area contributed by atoms with Crippen molar-refractivity contribution in [2.24, 2.45) is 0 Å². The number of piperidine rings is 1. The first-order valence-corrected chi connectivity index (χ1v) is 8.61. The molecule has 0 radical (unpaired) electrons. The van der Waals surface area contributed by atoms with Crippen molar-refractivity contribution in [1.29, 1.82) is 0 Å². The molecule has 2 aliphatic rings. The molecule has 24 heavy (non-hydrogen) atoms. The van der Waals surface area contributed by atoms with Crippen LogP contribution in [-0.4, -0.2) is 58.2 Å². The van der Waals surface area contributed by atoms with E-state index in [1.165, 1.54) is 0 Å². The molecule has 4 rings (SSSR count). The fourth-order valence-electron chi connectivity index (χ4n) is 3.75. The van der Waals surface area contributed by atoms with Crippen molar-refractivity contribution in [3.8, 4) is 0 Å². The number of morpholine rings is 1. The first-order chi connectivity index (χ1) is 11.8. The molecule has 0 amide bonds. The van der Waals surface area contributed by atoms with Crippen LogP contribution in [0.2, 0.25) is 0 Å². The first kappa shape index (κ1) is 15.5. The van der Waals surface area contributed by atoms with E-state index in [0.717, 1.165) is 63.8 Å². The number of ether oxygens (including phenoxy) is 1. The smallest absolute Gasteiger partial charge is 0.225 e. The maximum absolute atomic E-state index is 6.27. The highest BCUT2D eigenvalue weighted by Gasteiger charge is 2.41. The fourth-order valence-corrected chi connectivity index (χ4v) is 3.75. The van der Waals surface area contributed by atoms with E-state index in [1.807, 2.05) is 24.4 Å². The Balaban J connectivity index is 1.45. The second kappa shape index (κ2) is 6.83. The normalized spacial score (nSPS) is 25.1. The Morgan fingerprint density at radius 1 is 1.00 bits per heavy atom. The zero-order valence-electron chi connectivity index (χ0n) is 13.8. The van der Waals surface area contributed by atoms with Crippen LogP contribution >= 0.6 is 0 Å². The van der Waals surface area contributed by atoms with Crippen molar-refractivity contribution >= 4 is 5.95 Å². The molecule has 1 spiro atoms. The monoisotopic (exact) mass is 325 g/mol. The van der Waals surface area contributed by atoms with Crippen molar-refractivity contribution < 1.29 is 4.74 Å². The van der Waals surface area contributed by atoms with Crippen LogP contribution in [0.3, 0.4) is 0 Å². The Morgan fingerprint density at radius 2 is 1.88 bits per heavy atom. The van der Waals surface area contributed by atoms with Crippen molar-refractivity contribution in [3.05, 3.63) is 48.5 Å². The average molecular weight is 325 g/mol. The van der Waals surface area contributed by atoms with Crippen molar-refractivity contribution in [3.63, 3.8) is 0 Å². The summed E-state index contributed by atoms with van der Waals surface area (Å²) in [6.45, 7) is 5.41. The van der Waals surface area contributed by atoms with Gasteiger partial charge >= 0.3 is 0 Å². The Bertz CT molecular complexity index is 649. The molecule has 0 aliphatic carbocycles. The number of nitrogens with zero attached hydrogens (tertiary/aromatic N) is 5. The molecule has 0 N–H and O–H groups in total. The highest BCUT2D eigenvalue weighted by Crippen LogP contribution is 2.30. The first-order valence-electron chi connectivity index (χ1n) is 8.61. The van der Waals surface area contributed by atoms with Crippen LogP contribution in [-0.2, 0) is 11.3 Å². The minimum atomic E-state index is -0.121. The summed E-state index contributed by atoms with van der Waals surface area (Å²) in [6, 6.07) is 7.96. The predicted octanol–water partition coefficient (Wildman–Crippen LogP) is 1.74. The molecule has 2 aromatic heterocycles. The van der Waals surface area contributed by atoms with Gasteiger partial charge in [-0.3, -0.25) is 9.88 Å². The third-order valence-electron chi connectivity index (χ3n) is 4.81. The Hall–Kier alpha value is -2.05. The molecule has 6 heteroatoms. The number of rotatable bonds is 3. The highest BCUT2D eigenvalue weighted by molar-refractivity contribution is 5.31. The van der Waals surface area contributed by atoms with Crippen LogP contribution in [0.25, 0.3) is 0 Å². The zero-order chi connectivity index (χ0) is 16.2. The van der Waals surface area contributed by atoms with Gasteiger partial charge in [0.05, 0.1) is 24.4 Å². The molecule has 2 saturated heterocycles. The van der Waals surface area contributed by atoms with E-state index in [2.05, 4.69) is 30.8 Å². The van der Waals surface area contributed by atoms with E-state index in [-0.39, 0.29) is 5.60 Å². The van der Waals surface area contributed by atoms with Crippen LogP contribution < -0.4 is 4.90 Å². The minimum Gasteiger partial charge on any atom is -0.370 e. The van der Waals surface area contributed by atoms with E-state index in [1.54, 1.807) is 12.4 Å². The van der Waals surface area contributed by atoms with Gasteiger partial charge in [-0.05, 0) is 31.0 Å². The number of pyridine rings is 1. The highest BCUT2D eigenvalue weighted by atomic mass is 16.5. The van der Waals surface area contributed by atoms with Gasteiger partial charge in [0.25, 0.3) is 0 Å². The summed E-state index contributed by atoms with van der Waals surface area (Å²) >= 11 is 0. The lowest BCUT2D eigenvalue weighted by molar-refractivity contribution is -0.116. The van der Waals surface area contributed by atoms with E-state index in [4.69, 9.17) is 4.74 Å². The SMILES string of the molecule is c1ccc(CN2CCO[C@]3(CCCN(c4ncccn4)C3)C2)nc1. The predicted molar refractivity (Wildman–Crippen MR) is 91.7 cm³/mol. The second-order valence-corrected chi connectivity index (χ2v) is 6.64. The lowest BCUT2D eigenvalue weighted by Crippen LogP contribution is -2.59. The van der Waals surface area contributed by atoms with E-state index in [9.17, 15) is 0 Å². The van der Waals surface area contributed by atoms with Gasteiger partial charge in [0, 0.05) is 44.8 Å². The molecule has 0 saturated carbocycles. The van der Waals surface area contributed by atoms with Gasteiger partial charge in [-0.2, -0.15) is 0 Å². The van der Waals surface area contributed by atoms with Crippen molar-refractivity contribution in [2.75, 3.05) is 37.7 Å². The van der Waals surface area contributed by atoms with Gasteiger partial charge in [-0.1, -0.05) is 6.07 Å². The summed E-state index contributed by atoms with van der Waals surface area (Å²) < 4.78 is 6.27. The maximum Gasteiger partial charge on any atom is 0.225 e. The third-order valence-corrected chi connectivity index (χ3v) is 4.81. The molecular formula is C18H23N5O. The molecule has 6 nitrogen and oxygen atoms in total. The van der Waals surface area contributed by atoms with Crippen molar-refractivity contribution in [2.45, 2.75) is 25.0 Å². The van der Waals surface area contributed by atoms with Crippen molar-refractivity contribution in [1.82, 2.24) is 19.9 Å². The van der Waals surface area contributed by atoms with Gasteiger partial charge < -0.3 is 9.64 Å². The van der Waals surface area contributed by atoms with Crippen LogP contribution in [0.4, 0.5) is 5.95 Å². The summed E-state index contributed by atoms with van der Waals surface area (Å²) in [7, 11) is 0. The Morgan fingerprint density at radius 3 is 2.71 bits per heavy atom. The van der Waals surface area contributed by atoms with Crippen LogP contribution in [0.1, 0.15) is 18.5 Å². The number of aromatic nitrogens is 3. The maximum atomic E-state index is 6.27. The summed E-state index contributed by atoms with van der Waals surface area (Å²) in [5, 5.41) is 0. The number of hydrogen-bond donors (Lipinski definition) is 0. The quantitative estimate of drug-likeness (QED) is 0.857. The van der Waals surface area contributed by atoms with Crippen LogP contribution in [0.15, 0.2) is 42.9 Å². The fraction of sp³-hybridized carbons (Fsp3) is 0.500. The van der Waals surface area contributed by atoms with Gasteiger partial charge in [-0.15, -0.1) is 0 Å². The standard InChI is InChI=1S/C18H23N5O/c1-2-7-19-16(5-1)13-22-11-12-24-18(14-22)6-3-10-23(15-18)17-20-8-4-9-21-17/h1-2,4-5,7-9H,3,6,10-15H2/t18-/m1/s1. The molecule has 2 aromatic rings. The molecule has 4 heterocycles. The summed E-state index contributed by atoms with van der Waals surface area (Å²) in [5.74, 6) is 0.807. The molecule has 0 aromatic carbocycles. The lowest BCUT2D eigenvalue weighted by Gasteiger charge is -2.48. The summed E-state index contributed by atoms with van der Waals surface area (Å²) in [4.78, 5) is 18.0. The largest absolute Gasteiger partial charge is 0.370 e. The van der Waals surface area contributed by atoms with Gasteiger partial charge in [0.1, 0.15) is 0 Å². The van der Waals surface area contributed by atoms with E-state index >= 15 is 0 Å². The Kier molecular flexibility index (Phi) is 4.40. The van der Waals surface area contributed by atoms with Gasteiger partial charge in [0.2, 0.25) is 5.95 Å². The molecule has 2 fully saturated rings. The molecule has 2 aliphatic heterocycles. The Labute approximate surface area is 142 Å². The molecule has 0 bridgehead atoms. The molecule has 0 unspecified atom stereocenters. The second-order valence-electron chi connectivity index (χ2n) is 6.64. The minimum absolute atomic E-state index is 0.121. The topological polar surface area (TPSA) is 54.4 Å². The van der Waals surface area contributed by atoms with E-state index < -0.39 is 0 Å². The number of anilines is 1. The van der Waals surface area contributed by atoms with Gasteiger partial charge in [0.15, 0.2) is 0 Å². The zero-order valence-corrected chi connectivity index (χ0v) is 13.8.